The molecule has 0 atom stereocenters. The van der Waals surface area contributed by atoms with Crippen LogP contribution in [0.25, 0.3) is 0 Å². The Morgan fingerprint density at radius 1 is 1.10 bits per heavy atom. The first kappa shape index (κ1) is 15.1. The van der Waals surface area contributed by atoms with Gasteiger partial charge in [0.2, 0.25) is 5.91 Å². The second kappa shape index (κ2) is 6.95. The summed E-state index contributed by atoms with van der Waals surface area (Å²) in [5, 5.41) is 11.9. The van der Waals surface area contributed by atoms with Crippen molar-refractivity contribution in [3.05, 3.63) is 65.2 Å². The van der Waals surface area contributed by atoms with E-state index in [0.717, 1.165) is 12.1 Å². The van der Waals surface area contributed by atoms with Crippen LogP contribution < -0.4 is 5.32 Å². The number of anilines is 1. The molecule has 0 bridgehead atoms. The van der Waals surface area contributed by atoms with Crippen LogP contribution in [-0.4, -0.2) is 11.0 Å². The van der Waals surface area contributed by atoms with E-state index in [1.165, 1.54) is 6.07 Å². The highest BCUT2D eigenvalue weighted by Crippen LogP contribution is 2.16. The van der Waals surface area contributed by atoms with Gasteiger partial charge in [-0.2, -0.15) is 0 Å². The summed E-state index contributed by atoms with van der Waals surface area (Å²) in [4.78, 5) is 11.8. The number of aryl methyl sites for hydroxylation is 1. The minimum atomic E-state index is -0.918. The molecular weight excluding hydrogens is 276 g/mol. The summed E-state index contributed by atoms with van der Waals surface area (Å²) in [6.07, 6.45) is 0.454. The number of para-hydroxylation sites is 1. The van der Waals surface area contributed by atoms with Crippen molar-refractivity contribution in [1.82, 2.24) is 0 Å². The van der Waals surface area contributed by atoms with E-state index >= 15 is 0 Å². The number of benzene rings is 2. The Balaban J connectivity index is 1.94. The third kappa shape index (κ3) is 4.10. The van der Waals surface area contributed by atoms with Gasteiger partial charge in [0.1, 0.15) is 0 Å². The summed E-state index contributed by atoms with van der Waals surface area (Å²) in [7, 11) is 0. The van der Waals surface area contributed by atoms with E-state index in [0.29, 0.717) is 23.2 Å². The van der Waals surface area contributed by atoms with Crippen molar-refractivity contribution in [3.63, 3.8) is 0 Å². The summed E-state index contributed by atoms with van der Waals surface area (Å²) in [6, 6.07) is 10.5. The van der Waals surface area contributed by atoms with E-state index in [-0.39, 0.29) is 18.9 Å². The highest BCUT2D eigenvalue weighted by atomic mass is 19.2. The highest BCUT2D eigenvalue weighted by Gasteiger charge is 2.08. The van der Waals surface area contributed by atoms with E-state index in [1.807, 2.05) is 0 Å². The van der Waals surface area contributed by atoms with Gasteiger partial charge in [-0.25, -0.2) is 8.78 Å². The number of aliphatic hydroxyl groups is 1. The first-order valence-electron chi connectivity index (χ1n) is 6.52. The zero-order valence-electron chi connectivity index (χ0n) is 11.3. The number of hydrogen-bond donors (Lipinski definition) is 2. The van der Waals surface area contributed by atoms with E-state index in [1.54, 1.807) is 24.3 Å². The average molecular weight is 291 g/mol. The molecular formula is C16H15F2NO2. The lowest BCUT2D eigenvalue weighted by Crippen LogP contribution is -2.13. The first-order chi connectivity index (χ1) is 10.1. The Morgan fingerprint density at radius 3 is 2.57 bits per heavy atom. The molecule has 0 heterocycles. The molecule has 110 valence electrons. The topological polar surface area (TPSA) is 49.3 Å². The SMILES string of the molecule is O=C(CCc1ccc(F)c(F)c1)Nc1ccccc1CO. The minimum absolute atomic E-state index is 0.144. The van der Waals surface area contributed by atoms with Gasteiger partial charge in [0, 0.05) is 17.7 Å². The minimum Gasteiger partial charge on any atom is -0.392 e. The quantitative estimate of drug-likeness (QED) is 0.889. The lowest BCUT2D eigenvalue weighted by atomic mass is 10.1. The van der Waals surface area contributed by atoms with Gasteiger partial charge in [-0.05, 0) is 30.2 Å². The monoisotopic (exact) mass is 291 g/mol. The third-order valence-corrected chi connectivity index (χ3v) is 3.09. The fourth-order valence-electron chi connectivity index (χ4n) is 1.95. The second-order valence-corrected chi connectivity index (χ2v) is 4.61. The maximum absolute atomic E-state index is 13.0. The maximum atomic E-state index is 13.0. The van der Waals surface area contributed by atoms with Gasteiger partial charge in [-0.3, -0.25) is 4.79 Å². The molecule has 0 spiro atoms. The Hall–Kier alpha value is -2.27. The summed E-state index contributed by atoms with van der Waals surface area (Å²) < 4.78 is 25.8. The summed E-state index contributed by atoms with van der Waals surface area (Å²) >= 11 is 0. The highest BCUT2D eigenvalue weighted by molar-refractivity contribution is 5.91. The van der Waals surface area contributed by atoms with Crippen molar-refractivity contribution in [2.75, 3.05) is 5.32 Å². The number of carbonyl (C=O) groups excluding carboxylic acids is 1. The van der Waals surface area contributed by atoms with Crippen LogP contribution in [0.3, 0.4) is 0 Å². The second-order valence-electron chi connectivity index (χ2n) is 4.61. The Bertz CT molecular complexity index is 644. The number of amides is 1. The van der Waals surface area contributed by atoms with Crippen LogP contribution in [0.15, 0.2) is 42.5 Å². The lowest BCUT2D eigenvalue weighted by Gasteiger charge is -2.09. The Morgan fingerprint density at radius 2 is 1.86 bits per heavy atom. The molecule has 1 amide bonds. The van der Waals surface area contributed by atoms with Crippen LogP contribution in [0.5, 0.6) is 0 Å². The molecule has 2 aromatic carbocycles. The number of nitrogens with one attached hydrogen (secondary N) is 1. The zero-order chi connectivity index (χ0) is 15.2. The molecule has 3 nitrogen and oxygen atoms in total. The van der Waals surface area contributed by atoms with Crippen LogP contribution in [-0.2, 0) is 17.8 Å². The van der Waals surface area contributed by atoms with Crippen LogP contribution >= 0.6 is 0 Å². The van der Waals surface area contributed by atoms with Crippen LogP contribution in [0.2, 0.25) is 0 Å². The molecule has 0 radical (unpaired) electrons. The van der Waals surface area contributed by atoms with Crippen LogP contribution in [0, 0.1) is 11.6 Å². The van der Waals surface area contributed by atoms with Gasteiger partial charge in [-0.1, -0.05) is 24.3 Å². The van der Waals surface area contributed by atoms with Gasteiger partial charge < -0.3 is 10.4 Å². The molecule has 5 heteroatoms. The molecule has 0 aliphatic heterocycles. The predicted octanol–water partition coefficient (Wildman–Crippen LogP) is 3.03. The molecule has 0 fully saturated rings. The van der Waals surface area contributed by atoms with Crippen molar-refractivity contribution < 1.29 is 18.7 Å². The molecule has 2 N–H and O–H groups in total. The number of carbonyl (C=O) groups is 1. The average Bonchev–Trinajstić information content (AvgIpc) is 2.49. The van der Waals surface area contributed by atoms with E-state index in [4.69, 9.17) is 5.11 Å². The van der Waals surface area contributed by atoms with E-state index in [2.05, 4.69) is 5.32 Å². The molecule has 0 aliphatic carbocycles. The van der Waals surface area contributed by atoms with Crippen molar-refractivity contribution in [2.45, 2.75) is 19.4 Å². The lowest BCUT2D eigenvalue weighted by molar-refractivity contribution is -0.116. The number of hydrogen-bond acceptors (Lipinski definition) is 2. The summed E-state index contributed by atoms with van der Waals surface area (Å²) in [5.74, 6) is -2.07. The molecule has 0 aliphatic rings. The number of halogens is 2. The Kier molecular flexibility index (Phi) is 5.00. The normalized spacial score (nSPS) is 10.4. The van der Waals surface area contributed by atoms with Crippen LogP contribution in [0.1, 0.15) is 17.5 Å². The summed E-state index contributed by atoms with van der Waals surface area (Å²) in [5.41, 5.74) is 1.73. The van der Waals surface area contributed by atoms with Gasteiger partial charge >= 0.3 is 0 Å². The zero-order valence-corrected chi connectivity index (χ0v) is 11.3. The standard InChI is InChI=1S/C16H15F2NO2/c17-13-7-5-11(9-14(13)18)6-8-16(21)19-15-4-2-1-3-12(15)10-20/h1-5,7,9,20H,6,8,10H2,(H,19,21). The predicted molar refractivity (Wildman–Crippen MR) is 75.7 cm³/mol. The molecule has 0 aromatic heterocycles. The molecule has 21 heavy (non-hydrogen) atoms. The van der Waals surface area contributed by atoms with Crippen LogP contribution in [0.4, 0.5) is 14.5 Å². The molecule has 2 rings (SSSR count). The van der Waals surface area contributed by atoms with Crippen molar-refractivity contribution in [2.24, 2.45) is 0 Å². The fourth-order valence-corrected chi connectivity index (χ4v) is 1.95. The van der Waals surface area contributed by atoms with E-state index in [9.17, 15) is 13.6 Å². The fraction of sp³-hybridized carbons (Fsp3) is 0.188. The van der Waals surface area contributed by atoms with Gasteiger partial charge in [-0.15, -0.1) is 0 Å². The van der Waals surface area contributed by atoms with Crippen molar-refractivity contribution in [3.8, 4) is 0 Å². The third-order valence-electron chi connectivity index (χ3n) is 3.09. The number of rotatable bonds is 5. The Labute approximate surface area is 121 Å². The molecule has 2 aromatic rings. The maximum Gasteiger partial charge on any atom is 0.224 e. The van der Waals surface area contributed by atoms with Gasteiger partial charge in [0.05, 0.1) is 6.61 Å². The smallest absolute Gasteiger partial charge is 0.224 e. The van der Waals surface area contributed by atoms with Gasteiger partial charge in [0.25, 0.3) is 0 Å². The van der Waals surface area contributed by atoms with Gasteiger partial charge in [0.15, 0.2) is 11.6 Å². The number of aliphatic hydroxyl groups excluding tert-OH is 1. The largest absolute Gasteiger partial charge is 0.392 e. The molecule has 0 unspecified atom stereocenters. The van der Waals surface area contributed by atoms with Crippen molar-refractivity contribution >= 4 is 11.6 Å². The summed E-state index contributed by atoms with van der Waals surface area (Å²) in [6.45, 7) is -0.167. The van der Waals surface area contributed by atoms with Crippen molar-refractivity contribution in [1.29, 1.82) is 0 Å². The molecule has 0 saturated heterocycles. The first-order valence-corrected chi connectivity index (χ1v) is 6.52. The van der Waals surface area contributed by atoms with E-state index < -0.39 is 11.6 Å². The molecule has 0 saturated carbocycles.